The van der Waals surface area contributed by atoms with E-state index in [1.165, 1.54) is 0 Å². The fourth-order valence-corrected chi connectivity index (χ4v) is 2.41. The van der Waals surface area contributed by atoms with E-state index in [0.29, 0.717) is 12.3 Å². The summed E-state index contributed by atoms with van der Waals surface area (Å²) in [6, 6.07) is 4.17. The van der Waals surface area contributed by atoms with E-state index in [0.717, 1.165) is 28.9 Å². The Bertz CT molecular complexity index is 487. The second kappa shape index (κ2) is 6.29. The van der Waals surface area contributed by atoms with Crippen molar-refractivity contribution in [3.05, 3.63) is 28.8 Å². The van der Waals surface area contributed by atoms with Crippen molar-refractivity contribution in [2.24, 2.45) is 5.41 Å². The lowest BCUT2D eigenvalue weighted by Gasteiger charge is -2.22. The van der Waals surface area contributed by atoms with E-state index in [-0.39, 0.29) is 0 Å². The summed E-state index contributed by atoms with van der Waals surface area (Å²) in [4.78, 5) is 11.3. The van der Waals surface area contributed by atoms with Crippen LogP contribution >= 0.6 is 0 Å². The van der Waals surface area contributed by atoms with Gasteiger partial charge in [-0.1, -0.05) is 32.9 Å². The third-order valence-electron chi connectivity index (χ3n) is 3.69. The molecular formula is C17H26O3. The van der Waals surface area contributed by atoms with Gasteiger partial charge in [0.05, 0.1) is 12.5 Å². The Kier molecular flexibility index (Phi) is 5.21. The third-order valence-corrected chi connectivity index (χ3v) is 3.69. The van der Waals surface area contributed by atoms with Crippen LogP contribution in [0, 0.1) is 5.41 Å². The summed E-state index contributed by atoms with van der Waals surface area (Å²) in [5.74, 6) is 0.528. The fourth-order valence-electron chi connectivity index (χ4n) is 2.41. The molecule has 0 aliphatic rings. The quantitative estimate of drug-likeness (QED) is 0.854. The number of methoxy groups -OCH3 is 1. The molecule has 0 aliphatic carbocycles. The minimum Gasteiger partial charge on any atom is -0.496 e. The maximum Gasteiger partial charge on any atom is 0.309 e. The first kappa shape index (κ1) is 16.5. The van der Waals surface area contributed by atoms with Crippen LogP contribution in [0.25, 0.3) is 0 Å². The van der Waals surface area contributed by atoms with Gasteiger partial charge in [0.15, 0.2) is 0 Å². The van der Waals surface area contributed by atoms with Gasteiger partial charge in [-0.3, -0.25) is 4.79 Å². The first-order valence-electron chi connectivity index (χ1n) is 7.16. The van der Waals surface area contributed by atoms with Gasteiger partial charge in [-0.15, -0.1) is 0 Å². The summed E-state index contributed by atoms with van der Waals surface area (Å²) in [5, 5.41) is 9.28. The first-order chi connectivity index (χ1) is 9.22. The highest BCUT2D eigenvalue weighted by molar-refractivity contribution is 5.74. The summed E-state index contributed by atoms with van der Waals surface area (Å²) in [5.41, 5.74) is 2.62. The predicted octanol–water partition coefficient (Wildman–Crippen LogP) is 4.03. The number of hydrogen-bond donors (Lipinski definition) is 1. The lowest BCUT2D eigenvalue weighted by Crippen LogP contribution is -2.26. The summed E-state index contributed by atoms with van der Waals surface area (Å²) in [6.07, 6.45) is 1.41. The van der Waals surface area contributed by atoms with E-state index in [9.17, 15) is 9.90 Å². The van der Waals surface area contributed by atoms with Crippen molar-refractivity contribution in [2.45, 2.75) is 53.4 Å². The van der Waals surface area contributed by atoms with E-state index >= 15 is 0 Å². The molecule has 0 saturated carbocycles. The Balaban J connectivity index is 3.29. The van der Waals surface area contributed by atoms with E-state index in [1.54, 1.807) is 21.0 Å². The molecule has 1 aromatic carbocycles. The zero-order chi connectivity index (χ0) is 15.5. The smallest absolute Gasteiger partial charge is 0.309 e. The molecule has 0 unspecified atom stereocenters. The molecule has 0 heterocycles. The zero-order valence-corrected chi connectivity index (χ0v) is 13.4. The second-order valence-corrected chi connectivity index (χ2v) is 6.25. The van der Waals surface area contributed by atoms with Crippen molar-refractivity contribution >= 4 is 5.97 Å². The largest absolute Gasteiger partial charge is 0.496 e. The van der Waals surface area contributed by atoms with Gasteiger partial charge in [0, 0.05) is 0 Å². The van der Waals surface area contributed by atoms with E-state index in [4.69, 9.17) is 4.74 Å². The third kappa shape index (κ3) is 3.53. The van der Waals surface area contributed by atoms with Crippen LogP contribution in [0.1, 0.15) is 57.2 Å². The standard InChI is InChI=1S/C17H26O3/c1-7-13-8-12(10-17(4,5)16(18)19)9-14(11(2)3)15(13)20-6/h8-9,11H,7,10H2,1-6H3,(H,18,19). The highest BCUT2D eigenvalue weighted by atomic mass is 16.5. The molecule has 1 aromatic rings. The van der Waals surface area contributed by atoms with Crippen LogP contribution in [0.4, 0.5) is 0 Å². The monoisotopic (exact) mass is 278 g/mol. The molecule has 20 heavy (non-hydrogen) atoms. The summed E-state index contributed by atoms with van der Waals surface area (Å²) < 4.78 is 5.54. The molecule has 1 N–H and O–H groups in total. The summed E-state index contributed by atoms with van der Waals surface area (Å²) in [7, 11) is 1.70. The van der Waals surface area contributed by atoms with Gasteiger partial charge in [-0.2, -0.15) is 0 Å². The molecule has 0 bridgehead atoms. The van der Waals surface area contributed by atoms with Crippen molar-refractivity contribution in [3.63, 3.8) is 0 Å². The molecule has 0 fully saturated rings. The normalized spacial score (nSPS) is 11.8. The lowest BCUT2D eigenvalue weighted by molar-refractivity contribution is -0.146. The average Bonchev–Trinajstić information content (AvgIpc) is 2.36. The highest BCUT2D eigenvalue weighted by Crippen LogP contribution is 2.34. The van der Waals surface area contributed by atoms with Gasteiger partial charge < -0.3 is 9.84 Å². The first-order valence-corrected chi connectivity index (χ1v) is 7.16. The SMILES string of the molecule is CCc1cc(CC(C)(C)C(=O)O)cc(C(C)C)c1OC. The number of ether oxygens (including phenoxy) is 1. The van der Waals surface area contributed by atoms with Gasteiger partial charge in [0.25, 0.3) is 0 Å². The molecule has 3 nitrogen and oxygen atoms in total. The molecule has 1 rings (SSSR count). The van der Waals surface area contributed by atoms with Crippen molar-refractivity contribution in [3.8, 4) is 5.75 Å². The van der Waals surface area contributed by atoms with E-state index in [2.05, 4.69) is 32.9 Å². The second-order valence-electron chi connectivity index (χ2n) is 6.25. The van der Waals surface area contributed by atoms with Gasteiger partial charge in [0.2, 0.25) is 0 Å². The van der Waals surface area contributed by atoms with Crippen molar-refractivity contribution < 1.29 is 14.6 Å². The van der Waals surface area contributed by atoms with Crippen LogP contribution in [0.15, 0.2) is 12.1 Å². The maximum absolute atomic E-state index is 11.3. The molecule has 112 valence electrons. The zero-order valence-electron chi connectivity index (χ0n) is 13.4. The van der Waals surface area contributed by atoms with Gasteiger partial charge in [-0.25, -0.2) is 0 Å². The molecule has 0 amide bonds. The van der Waals surface area contributed by atoms with Crippen molar-refractivity contribution in [2.75, 3.05) is 7.11 Å². The number of hydrogen-bond acceptors (Lipinski definition) is 2. The van der Waals surface area contributed by atoms with Crippen LogP contribution in [0.5, 0.6) is 5.75 Å². The minimum absolute atomic E-state index is 0.350. The van der Waals surface area contributed by atoms with Crippen LogP contribution in [0.3, 0.4) is 0 Å². The summed E-state index contributed by atoms with van der Waals surface area (Å²) >= 11 is 0. The number of carbonyl (C=O) groups is 1. The molecule has 0 aliphatic heterocycles. The average molecular weight is 278 g/mol. The van der Waals surface area contributed by atoms with Crippen LogP contribution in [0.2, 0.25) is 0 Å². The molecule has 0 atom stereocenters. The number of aliphatic carboxylic acids is 1. The van der Waals surface area contributed by atoms with Crippen LogP contribution in [-0.4, -0.2) is 18.2 Å². The number of carboxylic acid groups (broad SMARTS) is 1. The minimum atomic E-state index is -0.766. The van der Waals surface area contributed by atoms with E-state index in [1.807, 2.05) is 0 Å². The summed E-state index contributed by atoms with van der Waals surface area (Å²) in [6.45, 7) is 9.88. The topological polar surface area (TPSA) is 46.5 Å². The Morgan fingerprint density at radius 1 is 1.35 bits per heavy atom. The predicted molar refractivity (Wildman–Crippen MR) is 81.6 cm³/mol. The Hall–Kier alpha value is -1.51. The van der Waals surface area contributed by atoms with Crippen molar-refractivity contribution in [1.29, 1.82) is 0 Å². The molecule has 0 aromatic heterocycles. The van der Waals surface area contributed by atoms with Gasteiger partial charge in [-0.05, 0) is 49.3 Å². The van der Waals surface area contributed by atoms with Gasteiger partial charge in [0.1, 0.15) is 5.75 Å². The van der Waals surface area contributed by atoms with E-state index < -0.39 is 11.4 Å². The molecule has 0 spiro atoms. The van der Waals surface area contributed by atoms with Crippen molar-refractivity contribution in [1.82, 2.24) is 0 Å². The number of aryl methyl sites for hydroxylation is 1. The Morgan fingerprint density at radius 2 is 1.95 bits per heavy atom. The molecule has 0 saturated heterocycles. The maximum atomic E-state index is 11.3. The fraction of sp³-hybridized carbons (Fsp3) is 0.588. The molecule has 3 heteroatoms. The van der Waals surface area contributed by atoms with Crippen LogP contribution in [-0.2, 0) is 17.6 Å². The van der Waals surface area contributed by atoms with Gasteiger partial charge >= 0.3 is 5.97 Å². The highest BCUT2D eigenvalue weighted by Gasteiger charge is 2.28. The lowest BCUT2D eigenvalue weighted by atomic mass is 9.83. The molecular weight excluding hydrogens is 252 g/mol. The van der Waals surface area contributed by atoms with Crippen LogP contribution < -0.4 is 4.74 Å². The Labute approximate surface area is 122 Å². The number of benzene rings is 1. The number of carboxylic acids is 1. The molecule has 0 radical (unpaired) electrons. The number of rotatable bonds is 6. The Morgan fingerprint density at radius 3 is 2.35 bits per heavy atom.